The molecule has 0 saturated heterocycles. The number of nitrogens with zero attached hydrogens (tertiary/aromatic N) is 3. The molecule has 0 amide bonds. The number of ether oxygens (including phenoxy) is 1. The van der Waals surface area contributed by atoms with Crippen LogP contribution in [0.5, 0.6) is 10.9 Å². The third-order valence-corrected chi connectivity index (χ3v) is 4.60. The van der Waals surface area contributed by atoms with Gasteiger partial charge in [-0.25, -0.2) is 9.37 Å². The highest BCUT2D eigenvalue weighted by atomic mass is 32.1. The lowest BCUT2D eigenvalue weighted by Gasteiger charge is -2.09. The molecule has 11 heteroatoms. The molecule has 8 nitrogen and oxygen atoms in total. The fourth-order valence-corrected chi connectivity index (χ4v) is 2.92. The molecule has 3 rings (SSSR count). The summed E-state index contributed by atoms with van der Waals surface area (Å²) in [6.45, 7) is 1.78. The van der Waals surface area contributed by atoms with Crippen LogP contribution >= 0.6 is 23.6 Å². The van der Waals surface area contributed by atoms with Crippen LogP contribution in [0.3, 0.4) is 0 Å². The van der Waals surface area contributed by atoms with Crippen LogP contribution < -0.4 is 15.5 Å². The molecule has 1 heterocycles. The molecule has 2 N–H and O–H groups in total. The molecule has 0 aliphatic heterocycles. The number of rotatable bonds is 6. The topological polar surface area (TPSA) is 102 Å². The number of hydrogen-bond acceptors (Lipinski definition) is 7. The Labute approximate surface area is 174 Å². The number of halogens is 1. The Bertz CT molecular complexity index is 1070. The Morgan fingerprint density at radius 3 is 2.66 bits per heavy atom. The average Bonchev–Trinajstić information content (AvgIpc) is 3.17. The molecule has 0 radical (unpaired) electrons. The quantitative estimate of drug-likeness (QED) is 0.253. The van der Waals surface area contributed by atoms with Crippen molar-refractivity contribution in [3.05, 3.63) is 76.2 Å². The van der Waals surface area contributed by atoms with Gasteiger partial charge in [0.1, 0.15) is 17.8 Å². The maximum Gasteiger partial charge on any atom is 0.347 e. The van der Waals surface area contributed by atoms with Crippen LogP contribution in [0, 0.1) is 15.9 Å². The lowest BCUT2D eigenvalue weighted by atomic mass is 10.1. The Hall–Kier alpha value is -3.44. The first-order valence-electron chi connectivity index (χ1n) is 8.16. The lowest BCUT2D eigenvalue weighted by Crippen LogP contribution is -2.25. The molecule has 0 atom stereocenters. The summed E-state index contributed by atoms with van der Waals surface area (Å²) >= 11 is 5.95. The number of benzene rings is 2. The summed E-state index contributed by atoms with van der Waals surface area (Å²) in [6.07, 6.45) is 1.15. The molecule has 0 aliphatic carbocycles. The van der Waals surface area contributed by atoms with Crippen molar-refractivity contribution in [3.8, 4) is 10.9 Å². The minimum absolute atomic E-state index is 0.0920. The third kappa shape index (κ3) is 5.53. The first-order valence-corrected chi connectivity index (χ1v) is 9.39. The second-order valence-corrected chi connectivity index (χ2v) is 6.97. The third-order valence-electron chi connectivity index (χ3n) is 3.58. The van der Waals surface area contributed by atoms with Gasteiger partial charge in [0.05, 0.1) is 16.3 Å². The van der Waals surface area contributed by atoms with Crippen LogP contribution in [0.15, 0.2) is 59.8 Å². The van der Waals surface area contributed by atoms with Crippen molar-refractivity contribution in [3.63, 3.8) is 0 Å². The Morgan fingerprint density at radius 2 is 2.00 bits per heavy atom. The monoisotopic (exact) mass is 431 g/mol. The van der Waals surface area contributed by atoms with Gasteiger partial charge in [-0.15, -0.1) is 0 Å². The number of para-hydroxylation sites is 1. The predicted molar refractivity (Wildman–Crippen MR) is 113 cm³/mol. The molecule has 0 unspecified atom stereocenters. The zero-order valence-corrected chi connectivity index (χ0v) is 16.6. The fraction of sp³-hybridized carbons (Fsp3) is 0.0556. The van der Waals surface area contributed by atoms with Gasteiger partial charge in [0.2, 0.25) is 0 Å². The largest absolute Gasteiger partial charge is 0.431 e. The first kappa shape index (κ1) is 20.3. The molecule has 0 fully saturated rings. The first-order chi connectivity index (χ1) is 13.9. The van der Waals surface area contributed by atoms with E-state index in [1.165, 1.54) is 6.07 Å². The molecular formula is C18H14FN5O3S2. The van der Waals surface area contributed by atoms with E-state index >= 15 is 0 Å². The van der Waals surface area contributed by atoms with E-state index in [9.17, 15) is 14.5 Å². The summed E-state index contributed by atoms with van der Waals surface area (Å²) in [5.74, 6) is 0.0639. The maximum atomic E-state index is 13.6. The van der Waals surface area contributed by atoms with Crippen LogP contribution in [0.2, 0.25) is 0 Å². The zero-order chi connectivity index (χ0) is 20.8. The highest BCUT2D eigenvalue weighted by molar-refractivity contribution is 7.80. The van der Waals surface area contributed by atoms with Gasteiger partial charge in [-0.3, -0.25) is 15.5 Å². The van der Waals surface area contributed by atoms with Crippen LogP contribution in [-0.4, -0.2) is 20.7 Å². The molecule has 0 aliphatic rings. The van der Waals surface area contributed by atoms with E-state index in [-0.39, 0.29) is 21.0 Å². The molecule has 29 heavy (non-hydrogen) atoms. The standard InChI is InChI=1S/C18H14FN5O3S2/c1-11(22-23-17(28)21-15-5-3-2-4-14(15)19)12-6-8-13(9-7-12)27-18-20-10-16(29-18)24(25)26/h2-10H,1H3,(H2,21,23,28). The smallest absolute Gasteiger partial charge is 0.347 e. The molecule has 2 aromatic carbocycles. The number of thiazole rings is 1. The summed E-state index contributed by atoms with van der Waals surface area (Å²) in [5.41, 5.74) is 4.35. The van der Waals surface area contributed by atoms with Crippen molar-refractivity contribution >= 4 is 45.1 Å². The summed E-state index contributed by atoms with van der Waals surface area (Å²) in [7, 11) is 0. The molecule has 0 saturated carbocycles. The van der Waals surface area contributed by atoms with Gasteiger partial charge < -0.3 is 10.1 Å². The number of aromatic nitrogens is 1. The van der Waals surface area contributed by atoms with E-state index in [1.54, 1.807) is 49.4 Å². The van der Waals surface area contributed by atoms with Gasteiger partial charge in [0.25, 0.3) is 5.19 Å². The van der Waals surface area contributed by atoms with Gasteiger partial charge >= 0.3 is 5.00 Å². The zero-order valence-electron chi connectivity index (χ0n) is 15.0. The SMILES string of the molecule is CC(=NNC(=S)Nc1ccccc1F)c1ccc(Oc2ncc([N+](=O)[O-])s2)cc1. The van der Waals surface area contributed by atoms with Crippen LogP contribution in [0.4, 0.5) is 15.1 Å². The van der Waals surface area contributed by atoms with Crippen molar-refractivity contribution in [2.75, 3.05) is 5.32 Å². The van der Waals surface area contributed by atoms with Gasteiger partial charge in [-0.1, -0.05) is 12.1 Å². The van der Waals surface area contributed by atoms with Crippen LogP contribution in [0.25, 0.3) is 0 Å². The Kier molecular flexibility index (Phi) is 6.42. The van der Waals surface area contributed by atoms with Gasteiger partial charge in [-0.2, -0.15) is 5.10 Å². The molecule has 0 spiro atoms. The molecule has 148 valence electrons. The van der Waals surface area contributed by atoms with E-state index in [0.717, 1.165) is 23.1 Å². The number of hydrazone groups is 1. The molecule has 1 aromatic heterocycles. The van der Waals surface area contributed by atoms with E-state index in [0.29, 0.717) is 11.5 Å². The maximum absolute atomic E-state index is 13.6. The normalized spacial score (nSPS) is 11.0. The van der Waals surface area contributed by atoms with Gasteiger partial charge in [0.15, 0.2) is 5.11 Å². The van der Waals surface area contributed by atoms with Crippen molar-refractivity contribution in [1.29, 1.82) is 0 Å². The van der Waals surface area contributed by atoms with Crippen molar-refractivity contribution < 1.29 is 14.1 Å². The second-order valence-electron chi connectivity index (χ2n) is 5.59. The number of nitrogens with one attached hydrogen (secondary N) is 2. The van der Waals surface area contributed by atoms with E-state index in [4.69, 9.17) is 17.0 Å². The van der Waals surface area contributed by atoms with Crippen molar-refractivity contribution in [1.82, 2.24) is 10.4 Å². The minimum atomic E-state index is -0.522. The number of hydrogen-bond donors (Lipinski definition) is 2. The number of anilines is 1. The average molecular weight is 431 g/mol. The number of thiocarbonyl (C=S) groups is 1. The fourth-order valence-electron chi connectivity index (χ4n) is 2.16. The summed E-state index contributed by atoms with van der Waals surface area (Å²) in [5, 5.41) is 17.8. The highest BCUT2D eigenvalue weighted by Crippen LogP contribution is 2.30. The minimum Gasteiger partial charge on any atom is -0.431 e. The summed E-state index contributed by atoms with van der Waals surface area (Å²) in [4.78, 5) is 14.0. The lowest BCUT2D eigenvalue weighted by molar-refractivity contribution is -0.380. The molecule has 0 bridgehead atoms. The Morgan fingerprint density at radius 1 is 1.28 bits per heavy atom. The van der Waals surface area contributed by atoms with Crippen molar-refractivity contribution in [2.24, 2.45) is 5.10 Å². The van der Waals surface area contributed by atoms with E-state index in [2.05, 4.69) is 20.8 Å². The summed E-state index contributed by atoms with van der Waals surface area (Å²) in [6, 6.07) is 13.1. The molecule has 3 aromatic rings. The van der Waals surface area contributed by atoms with Crippen LogP contribution in [0.1, 0.15) is 12.5 Å². The Balaban J connectivity index is 1.59. The summed E-state index contributed by atoms with van der Waals surface area (Å²) < 4.78 is 19.1. The van der Waals surface area contributed by atoms with Crippen molar-refractivity contribution in [2.45, 2.75) is 6.92 Å². The van der Waals surface area contributed by atoms with E-state index < -0.39 is 10.7 Å². The second kappa shape index (κ2) is 9.17. The van der Waals surface area contributed by atoms with Gasteiger partial charge in [0, 0.05) is 0 Å². The predicted octanol–water partition coefficient (Wildman–Crippen LogP) is 4.69. The van der Waals surface area contributed by atoms with Gasteiger partial charge in [-0.05, 0) is 72.4 Å². The number of nitro groups is 1. The van der Waals surface area contributed by atoms with E-state index in [1.807, 2.05) is 0 Å². The highest BCUT2D eigenvalue weighted by Gasteiger charge is 2.13. The van der Waals surface area contributed by atoms with Crippen LogP contribution in [-0.2, 0) is 0 Å². The molecular weight excluding hydrogens is 417 g/mol.